The Morgan fingerprint density at radius 3 is 2.15 bits per heavy atom. The summed E-state index contributed by atoms with van der Waals surface area (Å²) < 4.78 is 30.2. The molecule has 0 aliphatic carbocycles. The molecule has 0 unspecified atom stereocenters. The molecule has 0 saturated heterocycles. The number of benzene rings is 2. The van der Waals surface area contributed by atoms with Gasteiger partial charge in [-0.05, 0) is 24.1 Å². The van der Waals surface area contributed by atoms with Crippen LogP contribution in [0.2, 0.25) is 0 Å². The molecule has 1 amide bonds. The van der Waals surface area contributed by atoms with E-state index in [0.29, 0.717) is 6.42 Å². The largest absolute Gasteiger partial charge is 0.372 e. The van der Waals surface area contributed by atoms with Crippen molar-refractivity contribution < 1.29 is 17.9 Å². The Morgan fingerprint density at radius 1 is 1.04 bits per heavy atom. The van der Waals surface area contributed by atoms with Gasteiger partial charge >= 0.3 is 0 Å². The zero-order chi connectivity index (χ0) is 19.0. The van der Waals surface area contributed by atoms with Crippen LogP contribution in [0.15, 0.2) is 65.6 Å². The number of sulfone groups is 1. The molecule has 0 heterocycles. The lowest BCUT2D eigenvalue weighted by Crippen LogP contribution is -2.42. The summed E-state index contributed by atoms with van der Waals surface area (Å²) in [6, 6.07) is 17.8. The Hall–Kier alpha value is -2.18. The average Bonchev–Trinajstić information content (AvgIpc) is 2.69. The molecule has 0 radical (unpaired) electrons. The zero-order valence-electron chi connectivity index (χ0n) is 15.1. The number of amides is 1. The lowest BCUT2D eigenvalue weighted by molar-refractivity contribution is -0.122. The smallest absolute Gasteiger partial charge is 0.221 e. The van der Waals surface area contributed by atoms with Crippen LogP contribution in [0.5, 0.6) is 0 Å². The number of hydrogen-bond acceptors (Lipinski definition) is 4. The van der Waals surface area contributed by atoms with E-state index in [1.54, 1.807) is 25.3 Å². The van der Waals surface area contributed by atoms with E-state index in [4.69, 9.17) is 4.74 Å². The normalized spacial score (nSPS) is 13.8. The second kappa shape index (κ2) is 8.96. The molecule has 0 bridgehead atoms. The van der Waals surface area contributed by atoms with Crippen molar-refractivity contribution in [2.45, 2.75) is 30.3 Å². The molecule has 0 aliphatic heterocycles. The predicted molar refractivity (Wildman–Crippen MR) is 102 cm³/mol. The van der Waals surface area contributed by atoms with Gasteiger partial charge in [-0.2, -0.15) is 0 Å². The predicted octanol–water partition coefficient (Wildman–Crippen LogP) is 2.92. The summed E-state index contributed by atoms with van der Waals surface area (Å²) in [4.78, 5) is 12.4. The second-order valence-corrected chi connectivity index (χ2v) is 8.19. The number of carbonyl (C=O) groups excluding carboxylic acids is 1. The summed E-state index contributed by atoms with van der Waals surface area (Å²) in [5.74, 6) is -0.532. The maximum Gasteiger partial charge on any atom is 0.221 e. The van der Waals surface area contributed by atoms with Gasteiger partial charge in [-0.25, -0.2) is 8.42 Å². The number of carbonyl (C=O) groups is 1. The highest BCUT2D eigenvalue weighted by Crippen LogP contribution is 2.28. The highest BCUT2D eigenvalue weighted by atomic mass is 32.2. The number of methoxy groups -OCH3 is 1. The van der Waals surface area contributed by atoms with Crippen LogP contribution in [0.1, 0.15) is 25.3 Å². The summed E-state index contributed by atoms with van der Waals surface area (Å²) in [7, 11) is -1.85. The molecule has 140 valence electrons. The maximum atomic E-state index is 12.3. The fraction of sp³-hybridized carbons (Fsp3) is 0.350. The van der Waals surface area contributed by atoms with Crippen molar-refractivity contribution in [1.29, 1.82) is 0 Å². The van der Waals surface area contributed by atoms with Crippen LogP contribution in [0, 0.1) is 0 Å². The molecule has 1 N–H and O–H groups in total. The van der Waals surface area contributed by atoms with Gasteiger partial charge < -0.3 is 10.1 Å². The lowest BCUT2D eigenvalue weighted by atomic mass is 9.90. The molecular weight excluding hydrogens is 350 g/mol. The molecule has 0 aromatic heterocycles. The van der Waals surface area contributed by atoms with Crippen molar-refractivity contribution in [3.8, 4) is 0 Å². The molecule has 5 nitrogen and oxygen atoms in total. The van der Waals surface area contributed by atoms with Crippen LogP contribution >= 0.6 is 0 Å². The van der Waals surface area contributed by atoms with Gasteiger partial charge in [0.2, 0.25) is 5.91 Å². The standard InChI is InChI=1S/C20H25NO4S/c1-3-20(25-2,17-10-6-4-7-11-17)16-21-19(22)14-15-26(23,24)18-12-8-5-9-13-18/h4-13H,3,14-16H2,1-2H3,(H,21,22)/t20-/m0/s1. The fourth-order valence-electron chi connectivity index (χ4n) is 2.81. The molecule has 2 rings (SSSR count). The first-order chi connectivity index (χ1) is 12.4. The summed E-state index contributed by atoms with van der Waals surface area (Å²) >= 11 is 0. The van der Waals surface area contributed by atoms with E-state index in [9.17, 15) is 13.2 Å². The monoisotopic (exact) mass is 375 g/mol. The van der Waals surface area contributed by atoms with E-state index < -0.39 is 15.4 Å². The lowest BCUT2D eigenvalue weighted by Gasteiger charge is -2.32. The average molecular weight is 375 g/mol. The summed E-state index contributed by atoms with van der Waals surface area (Å²) in [5.41, 5.74) is 0.345. The van der Waals surface area contributed by atoms with Crippen molar-refractivity contribution in [2.75, 3.05) is 19.4 Å². The number of nitrogens with one attached hydrogen (secondary N) is 1. The van der Waals surface area contributed by atoms with Crippen molar-refractivity contribution in [3.63, 3.8) is 0 Å². The van der Waals surface area contributed by atoms with Gasteiger partial charge in [0.05, 0.1) is 17.2 Å². The molecule has 2 aromatic carbocycles. The Balaban J connectivity index is 1.97. The molecule has 1 atom stereocenters. The van der Waals surface area contributed by atoms with E-state index in [1.165, 1.54) is 12.1 Å². The highest BCUT2D eigenvalue weighted by Gasteiger charge is 2.30. The second-order valence-electron chi connectivity index (χ2n) is 6.08. The van der Waals surface area contributed by atoms with Crippen LogP contribution in [-0.2, 0) is 25.0 Å². The number of ether oxygens (including phenoxy) is 1. The molecule has 0 aliphatic rings. The minimum atomic E-state index is -3.46. The van der Waals surface area contributed by atoms with E-state index >= 15 is 0 Å². The SMILES string of the molecule is CC[C@@](CNC(=O)CCS(=O)(=O)c1ccccc1)(OC)c1ccccc1. The summed E-state index contributed by atoms with van der Waals surface area (Å²) in [5, 5.41) is 2.82. The maximum absolute atomic E-state index is 12.3. The van der Waals surface area contributed by atoms with Gasteiger partial charge in [-0.15, -0.1) is 0 Å². The van der Waals surface area contributed by atoms with Gasteiger partial charge in [0.15, 0.2) is 9.84 Å². The molecule has 0 spiro atoms. The van der Waals surface area contributed by atoms with E-state index in [-0.39, 0.29) is 29.5 Å². The van der Waals surface area contributed by atoms with E-state index in [0.717, 1.165) is 5.56 Å². The third-order valence-corrected chi connectivity index (χ3v) is 6.27. The van der Waals surface area contributed by atoms with Crippen LogP contribution < -0.4 is 5.32 Å². The van der Waals surface area contributed by atoms with Gasteiger partial charge in [-0.1, -0.05) is 55.5 Å². The summed E-state index contributed by atoms with van der Waals surface area (Å²) in [6.45, 7) is 2.27. The molecule has 6 heteroatoms. The quantitative estimate of drug-likeness (QED) is 0.731. The molecule has 0 fully saturated rings. The molecule has 26 heavy (non-hydrogen) atoms. The highest BCUT2D eigenvalue weighted by molar-refractivity contribution is 7.91. The topological polar surface area (TPSA) is 72.5 Å². The Labute approximate surface area is 155 Å². The van der Waals surface area contributed by atoms with Crippen LogP contribution in [0.4, 0.5) is 0 Å². The van der Waals surface area contributed by atoms with Gasteiger partial charge in [0, 0.05) is 13.5 Å². The van der Waals surface area contributed by atoms with Crippen LogP contribution in [-0.4, -0.2) is 33.7 Å². The fourth-order valence-corrected chi connectivity index (χ4v) is 4.07. The van der Waals surface area contributed by atoms with E-state index in [1.807, 2.05) is 37.3 Å². The van der Waals surface area contributed by atoms with Crippen molar-refractivity contribution >= 4 is 15.7 Å². The molecule has 0 saturated carbocycles. The minimum absolute atomic E-state index is 0.0878. The molecular formula is C20H25NO4S. The third kappa shape index (κ3) is 4.93. The van der Waals surface area contributed by atoms with Crippen LogP contribution in [0.25, 0.3) is 0 Å². The zero-order valence-corrected chi connectivity index (χ0v) is 16.0. The first-order valence-corrected chi connectivity index (χ1v) is 10.2. The third-order valence-electron chi connectivity index (χ3n) is 4.53. The first kappa shape index (κ1) is 20.1. The van der Waals surface area contributed by atoms with Gasteiger partial charge in [-0.3, -0.25) is 4.79 Å². The Morgan fingerprint density at radius 2 is 1.62 bits per heavy atom. The number of rotatable bonds is 9. The van der Waals surface area contributed by atoms with Gasteiger partial charge in [0.25, 0.3) is 0 Å². The minimum Gasteiger partial charge on any atom is -0.372 e. The number of hydrogen-bond donors (Lipinski definition) is 1. The van der Waals surface area contributed by atoms with E-state index in [2.05, 4.69) is 5.32 Å². The molecule has 2 aromatic rings. The first-order valence-electron chi connectivity index (χ1n) is 8.59. The Kier molecular flexibility index (Phi) is 6.94. The summed E-state index contributed by atoms with van der Waals surface area (Å²) in [6.07, 6.45) is 0.589. The van der Waals surface area contributed by atoms with Crippen molar-refractivity contribution in [3.05, 3.63) is 66.2 Å². The van der Waals surface area contributed by atoms with Crippen LogP contribution in [0.3, 0.4) is 0 Å². The van der Waals surface area contributed by atoms with Crippen molar-refractivity contribution in [2.24, 2.45) is 0 Å². The van der Waals surface area contributed by atoms with Crippen molar-refractivity contribution in [1.82, 2.24) is 5.32 Å². The van der Waals surface area contributed by atoms with Gasteiger partial charge in [0.1, 0.15) is 5.60 Å². The Bertz CT molecular complexity index is 800.